The maximum atomic E-state index is 12.0. The van der Waals surface area contributed by atoms with Gasteiger partial charge in [0.25, 0.3) is 0 Å². The highest BCUT2D eigenvalue weighted by Gasteiger charge is 2.16. The maximum Gasteiger partial charge on any atom is 0.331 e. The molecule has 0 aliphatic carbocycles. The molecule has 1 aromatic heterocycles. The molecule has 0 atom stereocenters. The fourth-order valence-corrected chi connectivity index (χ4v) is 1.97. The number of ketones is 1. The minimum absolute atomic E-state index is 0.139. The number of benzene rings is 1. The van der Waals surface area contributed by atoms with Gasteiger partial charge in [0.05, 0.1) is 5.69 Å². The molecule has 0 unspecified atom stereocenters. The van der Waals surface area contributed by atoms with Crippen molar-refractivity contribution < 1.29 is 23.8 Å². The molecule has 2 heterocycles. The summed E-state index contributed by atoms with van der Waals surface area (Å²) in [4.78, 5) is 27.7. The number of aromatic nitrogens is 1. The first-order valence-corrected chi connectivity index (χ1v) is 6.91. The Morgan fingerprint density at radius 1 is 1.17 bits per heavy atom. The molecule has 0 saturated carbocycles. The van der Waals surface area contributed by atoms with Crippen LogP contribution in [0.1, 0.15) is 16.1 Å². The van der Waals surface area contributed by atoms with Crippen LogP contribution in [0.25, 0.3) is 6.08 Å². The lowest BCUT2D eigenvalue weighted by atomic mass is 10.1. The van der Waals surface area contributed by atoms with Crippen LogP contribution in [0.5, 0.6) is 11.5 Å². The van der Waals surface area contributed by atoms with Gasteiger partial charge in [0, 0.05) is 17.8 Å². The van der Waals surface area contributed by atoms with E-state index in [1.807, 2.05) is 0 Å². The standard InChI is InChI=1S/C17H13NO5/c19-14(12-4-6-15-16(9-12)23-11-22-15)10-21-17(20)7-5-13-3-1-2-8-18-13/h1-9H,10-11H2/b7-5+. The molecule has 0 saturated heterocycles. The van der Waals surface area contributed by atoms with Crippen LogP contribution >= 0.6 is 0 Å². The van der Waals surface area contributed by atoms with Gasteiger partial charge >= 0.3 is 5.97 Å². The van der Waals surface area contributed by atoms with E-state index in [9.17, 15) is 9.59 Å². The fraction of sp³-hybridized carbons (Fsp3) is 0.118. The zero-order valence-electron chi connectivity index (χ0n) is 12.1. The Kier molecular flexibility index (Phi) is 4.33. The Bertz CT molecular complexity index is 755. The second-order valence-corrected chi connectivity index (χ2v) is 4.69. The van der Waals surface area contributed by atoms with Crippen molar-refractivity contribution in [2.45, 2.75) is 0 Å². The van der Waals surface area contributed by atoms with Gasteiger partial charge in [0.1, 0.15) is 0 Å². The number of carbonyl (C=O) groups is 2. The Labute approximate surface area is 132 Å². The van der Waals surface area contributed by atoms with Gasteiger partial charge in [-0.15, -0.1) is 0 Å². The summed E-state index contributed by atoms with van der Waals surface area (Å²) in [7, 11) is 0. The van der Waals surface area contributed by atoms with Crippen LogP contribution < -0.4 is 9.47 Å². The van der Waals surface area contributed by atoms with Gasteiger partial charge in [-0.05, 0) is 36.4 Å². The molecular weight excluding hydrogens is 298 g/mol. The van der Waals surface area contributed by atoms with Crippen LogP contribution in [-0.2, 0) is 9.53 Å². The Hall–Kier alpha value is -3.15. The largest absolute Gasteiger partial charge is 0.454 e. The van der Waals surface area contributed by atoms with Gasteiger partial charge in [-0.1, -0.05) is 6.07 Å². The number of Topliss-reactive ketones (excluding diaryl/α,β-unsaturated/α-hetero) is 1. The third-order valence-electron chi connectivity index (χ3n) is 3.12. The number of hydrogen-bond donors (Lipinski definition) is 0. The molecule has 1 aromatic carbocycles. The summed E-state index contributed by atoms with van der Waals surface area (Å²) in [6.45, 7) is -0.203. The third-order valence-corrected chi connectivity index (χ3v) is 3.12. The monoisotopic (exact) mass is 311 g/mol. The van der Waals surface area contributed by atoms with Crippen molar-refractivity contribution in [2.24, 2.45) is 0 Å². The summed E-state index contributed by atoms with van der Waals surface area (Å²) in [5.41, 5.74) is 1.03. The van der Waals surface area contributed by atoms with E-state index in [1.54, 1.807) is 42.6 Å². The van der Waals surface area contributed by atoms with Gasteiger partial charge in [-0.25, -0.2) is 4.79 Å². The summed E-state index contributed by atoms with van der Waals surface area (Å²) in [6, 6.07) is 10.2. The second kappa shape index (κ2) is 6.74. The van der Waals surface area contributed by atoms with E-state index in [0.29, 0.717) is 22.8 Å². The first-order valence-electron chi connectivity index (χ1n) is 6.91. The molecule has 1 aliphatic rings. The minimum Gasteiger partial charge on any atom is -0.454 e. The summed E-state index contributed by atoms with van der Waals surface area (Å²) >= 11 is 0. The van der Waals surface area contributed by atoms with Crippen molar-refractivity contribution in [1.82, 2.24) is 4.98 Å². The van der Waals surface area contributed by atoms with Crippen molar-refractivity contribution in [3.8, 4) is 11.5 Å². The van der Waals surface area contributed by atoms with Crippen molar-refractivity contribution in [1.29, 1.82) is 0 Å². The van der Waals surface area contributed by atoms with Crippen LogP contribution in [-0.4, -0.2) is 30.1 Å². The number of fused-ring (bicyclic) bond motifs is 1. The Balaban J connectivity index is 1.54. The number of esters is 1. The number of hydrogen-bond acceptors (Lipinski definition) is 6. The summed E-state index contributed by atoms with van der Waals surface area (Å²) in [5, 5.41) is 0. The van der Waals surface area contributed by atoms with Crippen LogP contribution in [0.4, 0.5) is 0 Å². The van der Waals surface area contributed by atoms with E-state index < -0.39 is 5.97 Å². The number of carbonyl (C=O) groups excluding carboxylic acids is 2. The van der Waals surface area contributed by atoms with E-state index in [4.69, 9.17) is 14.2 Å². The zero-order valence-corrected chi connectivity index (χ0v) is 12.1. The molecule has 3 rings (SSSR count). The van der Waals surface area contributed by atoms with E-state index in [0.717, 1.165) is 0 Å². The predicted octanol–water partition coefficient (Wildman–Crippen LogP) is 2.25. The van der Waals surface area contributed by atoms with Crippen molar-refractivity contribution in [2.75, 3.05) is 13.4 Å². The molecule has 116 valence electrons. The average molecular weight is 311 g/mol. The highest BCUT2D eigenvalue weighted by molar-refractivity contribution is 5.99. The topological polar surface area (TPSA) is 74.7 Å². The SMILES string of the molecule is O=C(/C=C/c1ccccn1)OCC(=O)c1ccc2c(c1)OCO2. The molecule has 0 spiro atoms. The van der Waals surface area contributed by atoms with Gasteiger partial charge in [0.15, 0.2) is 23.9 Å². The summed E-state index contributed by atoms with van der Waals surface area (Å²) in [5.74, 6) is 0.182. The lowest BCUT2D eigenvalue weighted by Gasteiger charge is -2.03. The highest BCUT2D eigenvalue weighted by atomic mass is 16.7. The maximum absolute atomic E-state index is 12.0. The average Bonchev–Trinajstić information content (AvgIpc) is 3.06. The molecule has 2 aromatic rings. The van der Waals surface area contributed by atoms with Crippen molar-refractivity contribution in [3.63, 3.8) is 0 Å². The van der Waals surface area contributed by atoms with Crippen molar-refractivity contribution >= 4 is 17.8 Å². The molecule has 0 bridgehead atoms. The van der Waals surface area contributed by atoms with E-state index in [1.165, 1.54) is 12.2 Å². The Morgan fingerprint density at radius 2 is 2.04 bits per heavy atom. The molecule has 0 N–H and O–H groups in total. The van der Waals surface area contributed by atoms with Crippen molar-refractivity contribution in [3.05, 3.63) is 59.9 Å². The minimum atomic E-state index is -0.607. The first kappa shape index (κ1) is 14.8. The Morgan fingerprint density at radius 3 is 2.87 bits per heavy atom. The third kappa shape index (κ3) is 3.74. The number of nitrogens with zero attached hydrogens (tertiary/aromatic N) is 1. The molecular formula is C17H13NO5. The van der Waals surface area contributed by atoms with E-state index in [-0.39, 0.29) is 19.2 Å². The van der Waals surface area contributed by atoms with Gasteiger partial charge in [-0.3, -0.25) is 9.78 Å². The molecule has 0 radical (unpaired) electrons. The second-order valence-electron chi connectivity index (χ2n) is 4.69. The van der Waals surface area contributed by atoms with E-state index >= 15 is 0 Å². The normalized spacial score (nSPS) is 12.3. The molecule has 6 heteroatoms. The predicted molar refractivity (Wildman–Crippen MR) is 81.1 cm³/mol. The first-order chi connectivity index (χ1) is 11.2. The number of pyridine rings is 1. The molecule has 0 fully saturated rings. The van der Waals surface area contributed by atoms with Crippen LogP contribution in [0.15, 0.2) is 48.7 Å². The molecule has 1 aliphatic heterocycles. The van der Waals surface area contributed by atoms with Crippen LogP contribution in [0.3, 0.4) is 0 Å². The van der Waals surface area contributed by atoms with Crippen LogP contribution in [0.2, 0.25) is 0 Å². The lowest BCUT2D eigenvalue weighted by molar-refractivity contribution is -0.136. The van der Waals surface area contributed by atoms with Gasteiger partial charge < -0.3 is 14.2 Å². The highest BCUT2D eigenvalue weighted by Crippen LogP contribution is 2.32. The molecule has 23 heavy (non-hydrogen) atoms. The fourth-order valence-electron chi connectivity index (χ4n) is 1.97. The lowest BCUT2D eigenvalue weighted by Crippen LogP contribution is -2.12. The van der Waals surface area contributed by atoms with Gasteiger partial charge in [-0.2, -0.15) is 0 Å². The quantitative estimate of drug-likeness (QED) is 0.479. The summed E-state index contributed by atoms with van der Waals surface area (Å²) in [6.07, 6.45) is 4.37. The van der Waals surface area contributed by atoms with Crippen LogP contribution in [0, 0.1) is 0 Å². The van der Waals surface area contributed by atoms with Gasteiger partial charge in [0.2, 0.25) is 6.79 Å². The molecule has 6 nitrogen and oxygen atoms in total. The van der Waals surface area contributed by atoms with E-state index in [2.05, 4.69) is 4.98 Å². The molecule has 0 amide bonds. The zero-order chi connectivity index (χ0) is 16.1. The number of rotatable bonds is 5. The number of ether oxygens (including phenoxy) is 3. The summed E-state index contributed by atoms with van der Waals surface area (Å²) < 4.78 is 15.3. The smallest absolute Gasteiger partial charge is 0.331 e.